The van der Waals surface area contributed by atoms with Crippen molar-refractivity contribution in [2.75, 3.05) is 37.7 Å². The van der Waals surface area contributed by atoms with Crippen molar-refractivity contribution in [3.05, 3.63) is 24.0 Å². The van der Waals surface area contributed by atoms with E-state index in [4.69, 9.17) is 9.26 Å². The molecule has 8 nitrogen and oxygen atoms in total. The highest BCUT2D eigenvalue weighted by atomic mass is 16.5. The fourth-order valence-corrected chi connectivity index (χ4v) is 2.89. The van der Waals surface area contributed by atoms with Gasteiger partial charge in [-0.15, -0.1) is 0 Å². The molecule has 0 aromatic carbocycles. The topological polar surface area (TPSA) is 80.4 Å². The zero-order valence-corrected chi connectivity index (χ0v) is 14.5. The minimum Gasteiger partial charge on any atom is -0.478 e. The van der Waals surface area contributed by atoms with Gasteiger partial charge in [-0.3, -0.25) is 4.90 Å². The summed E-state index contributed by atoms with van der Waals surface area (Å²) in [5.41, 5.74) is 0. The van der Waals surface area contributed by atoms with Crippen molar-refractivity contribution in [1.82, 2.24) is 25.0 Å². The molecule has 0 radical (unpaired) electrons. The van der Waals surface area contributed by atoms with Crippen molar-refractivity contribution in [1.29, 1.82) is 0 Å². The van der Waals surface area contributed by atoms with E-state index < -0.39 is 0 Å². The van der Waals surface area contributed by atoms with Crippen LogP contribution in [-0.4, -0.2) is 57.8 Å². The molecule has 0 spiro atoms. The van der Waals surface area contributed by atoms with Gasteiger partial charge in [0.25, 0.3) is 0 Å². The first-order chi connectivity index (χ1) is 11.7. The Labute approximate surface area is 141 Å². The third-order valence-electron chi connectivity index (χ3n) is 4.19. The third-order valence-corrected chi connectivity index (χ3v) is 4.19. The van der Waals surface area contributed by atoms with Crippen LogP contribution in [0.15, 0.2) is 16.8 Å². The number of aryl methyl sites for hydroxylation is 1. The molecule has 1 aliphatic rings. The van der Waals surface area contributed by atoms with Gasteiger partial charge in [-0.25, -0.2) is 4.98 Å². The molecular weight excluding hydrogens is 308 g/mol. The second kappa shape index (κ2) is 7.57. The van der Waals surface area contributed by atoms with E-state index >= 15 is 0 Å². The Balaban J connectivity index is 1.65. The molecule has 1 aliphatic heterocycles. The normalized spacial score (nSPS) is 17.5. The van der Waals surface area contributed by atoms with Crippen LogP contribution in [0.5, 0.6) is 5.88 Å². The summed E-state index contributed by atoms with van der Waals surface area (Å²) in [4.78, 5) is 17.8. The number of nitrogens with zero attached hydrogens (tertiary/aromatic N) is 6. The number of anilines is 1. The Kier molecular flexibility index (Phi) is 5.24. The lowest BCUT2D eigenvalue weighted by atomic mass is 10.2. The predicted molar refractivity (Wildman–Crippen MR) is 89.1 cm³/mol. The molecule has 0 bridgehead atoms. The zero-order chi connectivity index (χ0) is 16.9. The molecule has 0 aliphatic carbocycles. The van der Waals surface area contributed by atoms with Crippen LogP contribution in [0.4, 0.5) is 5.95 Å². The van der Waals surface area contributed by atoms with Crippen LogP contribution in [0.2, 0.25) is 0 Å². The lowest BCUT2D eigenvalue weighted by Crippen LogP contribution is -2.33. The van der Waals surface area contributed by atoms with Crippen molar-refractivity contribution < 1.29 is 9.26 Å². The minimum absolute atomic E-state index is 0.137. The number of hydrogen-bond acceptors (Lipinski definition) is 8. The Morgan fingerprint density at radius 3 is 2.88 bits per heavy atom. The highest BCUT2D eigenvalue weighted by Gasteiger charge is 2.24. The van der Waals surface area contributed by atoms with Gasteiger partial charge in [0.15, 0.2) is 5.82 Å². The largest absolute Gasteiger partial charge is 0.478 e. The van der Waals surface area contributed by atoms with Gasteiger partial charge in [-0.2, -0.15) is 9.97 Å². The molecule has 3 rings (SSSR count). The van der Waals surface area contributed by atoms with E-state index in [1.165, 1.54) is 0 Å². The molecule has 1 saturated heterocycles. The molecule has 2 aromatic rings. The van der Waals surface area contributed by atoms with Gasteiger partial charge >= 0.3 is 0 Å². The van der Waals surface area contributed by atoms with Crippen LogP contribution >= 0.6 is 0 Å². The quantitative estimate of drug-likeness (QED) is 0.820. The van der Waals surface area contributed by atoms with E-state index in [1.54, 1.807) is 12.3 Å². The summed E-state index contributed by atoms with van der Waals surface area (Å²) in [5, 5.41) is 4.05. The molecule has 2 aromatic heterocycles. The Hall–Kier alpha value is -2.22. The summed E-state index contributed by atoms with van der Waals surface area (Å²) in [6, 6.07) is 1.93. The maximum atomic E-state index is 5.47. The Bertz CT molecular complexity index is 662. The monoisotopic (exact) mass is 332 g/mol. The van der Waals surface area contributed by atoms with Crippen molar-refractivity contribution in [3.8, 4) is 5.88 Å². The van der Waals surface area contributed by atoms with Crippen LogP contribution in [-0.2, 0) is 0 Å². The SMILES string of the molecule is CCOc1ccnc(N2CCCN(C(C)c3noc(C)n3)CC2)n1. The maximum Gasteiger partial charge on any atom is 0.228 e. The summed E-state index contributed by atoms with van der Waals surface area (Å²) in [6.07, 6.45) is 2.78. The standard InChI is InChI=1S/C16H24N6O2/c1-4-23-14-6-7-17-16(19-14)22-9-5-8-21(10-11-22)12(2)15-18-13(3)24-20-15/h6-7,12H,4-5,8-11H2,1-3H3. The molecule has 1 atom stereocenters. The summed E-state index contributed by atoms with van der Waals surface area (Å²) in [5.74, 6) is 2.70. The molecule has 8 heteroatoms. The van der Waals surface area contributed by atoms with E-state index in [9.17, 15) is 0 Å². The van der Waals surface area contributed by atoms with E-state index in [0.717, 1.165) is 44.4 Å². The first-order valence-corrected chi connectivity index (χ1v) is 8.42. The van der Waals surface area contributed by atoms with E-state index in [0.29, 0.717) is 18.4 Å². The molecule has 0 saturated carbocycles. The fraction of sp³-hybridized carbons (Fsp3) is 0.625. The van der Waals surface area contributed by atoms with Gasteiger partial charge in [0.1, 0.15) is 0 Å². The molecule has 1 fully saturated rings. The molecule has 24 heavy (non-hydrogen) atoms. The molecular formula is C16H24N6O2. The minimum atomic E-state index is 0.137. The predicted octanol–water partition coefficient (Wildman–Crippen LogP) is 1.84. The summed E-state index contributed by atoms with van der Waals surface area (Å²) in [6.45, 7) is 10.1. The van der Waals surface area contributed by atoms with Gasteiger partial charge in [0, 0.05) is 45.4 Å². The average molecular weight is 332 g/mol. The molecule has 0 N–H and O–H groups in total. The van der Waals surface area contributed by atoms with Crippen molar-refractivity contribution in [2.24, 2.45) is 0 Å². The van der Waals surface area contributed by atoms with Crippen molar-refractivity contribution >= 4 is 5.95 Å². The molecule has 0 amide bonds. The van der Waals surface area contributed by atoms with Gasteiger partial charge in [0.2, 0.25) is 17.7 Å². The lowest BCUT2D eigenvalue weighted by Gasteiger charge is -2.25. The van der Waals surface area contributed by atoms with Crippen LogP contribution in [0.25, 0.3) is 0 Å². The first-order valence-electron chi connectivity index (χ1n) is 8.42. The fourth-order valence-electron chi connectivity index (χ4n) is 2.89. The Morgan fingerprint density at radius 2 is 2.12 bits per heavy atom. The van der Waals surface area contributed by atoms with Gasteiger partial charge < -0.3 is 14.2 Å². The van der Waals surface area contributed by atoms with Crippen molar-refractivity contribution in [3.63, 3.8) is 0 Å². The second-order valence-corrected chi connectivity index (χ2v) is 5.85. The molecule has 130 valence electrons. The number of hydrogen-bond donors (Lipinski definition) is 0. The van der Waals surface area contributed by atoms with E-state index in [2.05, 4.69) is 36.8 Å². The smallest absolute Gasteiger partial charge is 0.228 e. The van der Waals surface area contributed by atoms with Crippen LogP contribution in [0.1, 0.15) is 38.0 Å². The molecule has 3 heterocycles. The van der Waals surface area contributed by atoms with Crippen LogP contribution in [0, 0.1) is 6.92 Å². The van der Waals surface area contributed by atoms with Crippen molar-refractivity contribution in [2.45, 2.75) is 33.2 Å². The second-order valence-electron chi connectivity index (χ2n) is 5.85. The van der Waals surface area contributed by atoms with E-state index in [1.807, 2.05) is 13.8 Å². The summed E-state index contributed by atoms with van der Waals surface area (Å²) < 4.78 is 10.6. The average Bonchev–Trinajstić information content (AvgIpc) is 2.87. The zero-order valence-electron chi connectivity index (χ0n) is 14.5. The number of ether oxygens (including phenoxy) is 1. The first kappa shape index (κ1) is 16.6. The molecule has 1 unspecified atom stereocenters. The summed E-state index contributed by atoms with van der Waals surface area (Å²) >= 11 is 0. The lowest BCUT2D eigenvalue weighted by molar-refractivity contribution is 0.213. The maximum absolute atomic E-state index is 5.47. The van der Waals surface area contributed by atoms with Gasteiger partial charge in [-0.05, 0) is 20.3 Å². The Morgan fingerprint density at radius 1 is 1.25 bits per heavy atom. The summed E-state index contributed by atoms with van der Waals surface area (Å²) in [7, 11) is 0. The van der Waals surface area contributed by atoms with Crippen LogP contribution < -0.4 is 9.64 Å². The van der Waals surface area contributed by atoms with Gasteiger partial charge in [-0.1, -0.05) is 5.16 Å². The highest BCUT2D eigenvalue weighted by Crippen LogP contribution is 2.21. The highest BCUT2D eigenvalue weighted by molar-refractivity contribution is 5.32. The van der Waals surface area contributed by atoms with E-state index in [-0.39, 0.29) is 6.04 Å². The number of aromatic nitrogens is 4. The van der Waals surface area contributed by atoms with Crippen LogP contribution in [0.3, 0.4) is 0 Å². The number of rotatable bonds is 5. The van der Waals surface area contributed by atoms with Gasteiger partial charge in [0.05, 0.1) is 12.6 Å². The third kappa shape index (κ3) is 3.81.